The topological polar surface area (TPSA) is 56.7 Å². The van der Waals surface area contributed by atoms with Crippen molar-refractivity contribution in [2.45, 2.75) is 13.0 Å². The van der Waals surface area contributed by atoms with E-state index in [-0.39, 0.29) is 18.8 Å². The minimum atomic E-state index is -0.789. The van der Waals surface area contributed by atoms with E-state index in [9.17, 15) is 4.79 Å². The number of benzene rings is 1. The number of aromatic nitrogens is 1. The molecule has 1 aliphatic rings. The first-order valence-corrected chi connectivity index (χ1v) is 7.88. The van der Waals surface area contributed by atoms with Gasteiger partial charge in [0.15, 0.2) is 0 Å². The van der Waals surface area contributed by atoms with E-state index < -0.39 is 5.97 Å². The number of carboxylic acids is 1. The lowest BCUT2D eigenvalue weighted by atomic mass is 10.1. The highest BCUT2D eigenvalue weighted by Gasteiger charge is 2.17. The maximum atomic E-state index is 10.7. The molecule has 2 aromatic rings. The number of aliphatic carboxylic acids is 1. The standard InChI is InChI=1S/C18H21N3O2.ClH/c22-18(23)13-15-4-6-16(7-5-15)14-20-9-11-21(12-10-20)17-3-1-2-8-19-17;/h1-8H,9-14H2,(H,22,23);1H. The maximum Gasteiger partial charge on any atom is 0.307 e. The highest BCUT2D eigenvalue weighted by atomic mass is 35.5. The second kappa shape index (κ2) is 8.66. The molecule has 1 aliphatic heterocycles. The van der Waals surface area contributed by atoms with Gasteiger partial charge in [0.05, 0.1) is 6.42 Å². The molecule has 5 nitrogen and oxygen atoms in total. The van der Waals surface area contributed by atoms with Crippen LogP contribution >= 0.6 is 12.4 Å². The van der Waals surface area contributed by atoms with Crippen LogP contribution in [0.3, 0.4) is 0 Å². The van der Waals surface area contributed by atoms with Gasteiger partial charge < -0.3 is 10.0 Å². The Morgan fingerprint density at radius 2 is 1.67 bits per heavy atom. The largest absolute Gasteiger partial charge is 0.481 e. The Hall–Kier alpha value is -2.11. The van der Waals surface area contributed by atoms with E-state index >= 15 is 0 Å². The molecule has 0 bridgehead atoms. The number of anilines is 1. The van der Waals surface area contributed by atoms with Crippen molar-refractivity contribution in [3.63, 3.8) is 0 Å². The smallest absolute Gasteiger partial charge is 0.307 e. The third kappa shape index (κ3) is 4.94. The fourth-order valence-corrected chi connectivity index (χ4v) is 2.87. The number of carboxylic acid groups (broad SMARTS) is 1. The van der Waals surface area contributed by atoms with Gasteiger partial charge in [-0.05, 0) is 23.3 Å². The van der Waals surface area contributed by atoms with Crippen molar-refractivity contribution >= 4 is 24.2 Å². The molecular formula is C18H22ClN3O2. The van der Waals surface area contributed by atoms with Crippen LogP contribution in [0.15, 0.2) is 48.7 Å². The molecule has 1 fully saturated rings. The molecule has 1 saturated heterocycles. The summed E-state index contributed by atoms with van der Waals surface area (Å²) in [4.78, 5) is 19.8. The fourth-order valence-electron chi connectivity index (χ4n) is 2.87. The first kappa shape index (κ1) is 18.2. The van der Waals surface area contributed by atoms with Crippen LogP contribution in [0.5, 0.6) is 0 Å². The van der Waals surface area contributed by atoms with Crippen molar-refractivity contribution in [1.29, 1.82) is 0 Å². The Morgan fingerprint density at radius 3 is 2.25 bits per heavy atom. The normalized spacial score (nSPS) is 14.9. The van der Waals surface area contributed by atoms with Crippen molar-refractivity contribution in [3.8, 4) is 0 Å². The predicted octanol–water partition coefficient (Wildman–Crippen LogP) is 2.45. The van der Waals surface area contributed by atoms with E-state index in [0.29, 0.717) is 0 Å². The number of hydrogen-bond donors (Lipinski definition) is 1. The summed E-state index contributed by atoms with van der Waals surface area (Å²) in [6.07, 6.45) is 1.92. The molecule has 1 N–H and O–H groups in total. The van der Waals surface area contributed by atoms with Gasteiger partial charge in [0.1, 0.15) is 5.82 Å². The monoisotopic (exact) mass is 347 g/mol. The molecule has 0 atom stereocenters. The zero-order valence-electron chi connectivity index (χ0n) is 13.5. The van der Waals surface area contributed by atoms with E-state index in [1.807, 2.05) is 42.6 Å². The van der Waals surface area contributed by atoms with E-state index in [0.717, 1.165) is 44.1 Å². The molecule has 1 aromatic heterocycles. The average molecular weight is 348 g/mol. The van der Waals surface area contributed by atoms with Crippen LogP contribution in [-0.2, 0) is 17.8 Å². The van der Waals surface area contributed by atoms with Crippen LogP contribution in [-0.4, -0.2) is 47.1 Å². The number of carbonyl (C=O) groups is 1. The number of pyridine rings is 1. The lowest BCUT2D eigenvalue weighted by Crippen LogP contribution is -2.46. The number of piperazine rings is 1. The van der Waals surface area contributed by atoms with Gasteiger partial charge in [0.2, 0.25) is 0 Å². The van der Waals surface area contributed by atoms with Gasteiger partial charge in [-0.3, -0.25) is 9.69 Å². The van der Waals surface area contributed by atoms with Gasteiger partial charge in [-0.25, -0.2) is 4.98 Å². The highest BCUT2D eigenvalue weighted by Crippen LogP contribution is 2.15. The molecule has 24 heavy (non-hydrogen) atoms. The molecule has 1 aromatic carbocycles. The minimum absolute atomic E-state index is 0. The van der Waals surface area contributed by atoms with Crippen LogP contribution < -0.4 is 4.90 Å². The summed E-state index contributed by atoms with van der Waals surface area (Å²) in [7, 11) is 0. The third-order valence-electron chi connectivity index (χ3n) is 4.13. The molecule has 0 unspecified atom stereocenters. The highest BCUT2D eigenvalue weighted by molar-refractivity contribution is 5.85. The first-order chi connectivity index (χ1) is 11.2. The molecule has 0 spiro atoms. The van der Waals surface area contributed by atoms with Gasteiger partial charge in [-0.1, -0.05) is 30.3 Å². The SMILES string of the molecule is Cl.O=C(O)Cc1ccc(CN2CCN(c3ccccn3)CC2)cc1. The van der Waals surface area contributed by atoms with Crippen molar-refractivity contribution in [1.82, 2.24) is 9.88 Å². The van der Waals surface area contributed by atoms with E-state index in [1.54, 1.807) is 0 Å². The maximum absolute atomic E-state index is 10.7. The Morgan fingerprint density at radius 1 is 1.00 bits per heavy atom. The van der Waals surface area contributed by atoms with E-state index in [4.69, 9.17) is 5.11 Å². The van der Waals surface area contributed by atoms with Gasteiger partial charge in [0, 0.05) is 38.9 Å². The van der Waals surface area contributed by atoms with Crippen molar-refractivity contribution in [2.24, 2.45) is 0 Å². The lowest BCUT2D eigenvalue weighted by molar-refractivity contribution is -0.136. The van der Waals surface area contributed by atoms with Gasteiger partial charge in [-0.15, -0.1) is 12.4 Å². The summed E-state index contributed by atoms with van der Waals surface area (Å²) >= 11 is 0. The number of hydrogen-bond acceptors (Lipinski definition) is 4. The molecule has 6 heteroatoms. The zero-order chi connectivity index (χ0) is 16.1. The molecular weight excluding hydrogens is 326 g/mol. The molecule has 128 valence electrons. The second-order valence-corrected chi connectivity index (χ2v) is 5.84. The number of halogens is 1. The zero-order valence-corrected chi connectivity index (χ0v) is 14.3. The molecule has 2 heterocycles. The first-order valence-electron chi connectivity index (χ1n) is 7.88. The summed E-state index contributed by atoms with van der Waals surface area (Å²) in [6, 6.07) is 13.9. The van der Waals surface area contributed by atoms with E-state index in [2.05, 4.69) is 20.9 Å². The third-order valence-corrected chi connectivity index (χ3v) is 4.13. The van der Waals surface area contributed by atoms with Crippen LogP contribution in [0, 0.1) is 0 Å². The van der Waals surface area contributed by atoms with Crippen molar-refractivity contribution < 1.29 is 9.90 Å². The minimum Gasteiger partial charge on any atom is -0.481 e. The molecule has 0 radical (unpaired) electrons. The van der Waals surface area contributed by atoms with Crippen LogP contribution in [0.25, 0.3) is 0 Å². The quantitative estimate of drug-likeness (QED) is 0.900. The molecule has 3 rings (SSSR count). The van der Waals surface area contributed by atoms with Crippen LogP contribution in [0.2, 0.25) is 0 Å². The van der Waals surface area contributed by atoms with Gasteiger partial charge in [-0.2, -0.15) is 0 Å². The lowest BCUT2D eigenvalue weighted by Gasteiger charge is -2.35. The Labute approximate surface area is 148 Å². The number of nitrogens with zero attached hydrogens (tertiary/aromatic N) is 3. The molecule has 0 saturated carbocycles. The Bertz CT molecular complexity index is 641. The second-order valence-electron chi connectivity index (χ2n) is 5.84. The molecule has 0 aliphatic carbocycles. The number of rotatable bonds is 5. The molecule has 0 amide bonds. The fraction of sp³-hybridized carbons (Fsp3) is 0.333. The Kier molecular flexibility index (Phi) is 6.58. The summed E-state index contributed by atoms with van der Waals surface area (Å²) in [6.45, 7) is 4.88. The summed E-state index contributed by atoms with van der Waals surface area (Å²) < 4.78 is 0. The average Bonchev–Trinajstić information content (AvgIpc) is 2.58. The summed E-state index contributed by atoms with van der Waals surface area (Å²) in [5, 5.41) is 8.80. The van der Waals surface area contributed by atoms with Crippen LogP contribution in [0.4, 0.5) is 5.82 Å². The van der Waals surface area contributed by atoms with Gasteiger partial charge in [0.25, 0.3) is 0 Å². The summed E-state index contributed by atoms with van der Waals surface area (Å²) in [5.74, 6) is 0.258. The Balaban J connectivity index is 0.00000208. The van der Waals surface area contributed by atoms with Crippen molar-refractivity contribution in [2.75, 3.05) is 31.1 Å². The van der Waals surface area contributed by atoms with Crippen molar-refractivity contribution in [3.05, 3.63) is 59.8 Å². The predicted molar refractivity (Wildman–Crippen MR) is 96.8 cm³/mol. The summed E-state index contributed by atoms with van der Waals surface area (Å²) in [5.41, 5.74) is 2.08. The van der Waals surface area contributed by atoms with Crippen LogP contribution in [0.1, 0.15) is 11.1 Å². The van der Waals surface area contributed by atoms with Gasteiger partial charge >= 0.3 is 5.97 Å². The van der Waals surface area contributed by atoms with E-state index in [1.165, 1.54) is 5.56 Å².